The summed E-state index contributed by atoms with van der Waals surface area (Å²) in [6.07, 6.45) is 4.11. The number of methoxy groups -OCH3 is 1. The van der Waals surface area contributed by atoms with E-state index in [2.05, 4.69) is 41.1 Å². The van der Waals surface area contributed by atoms with Gasteiger partial charge in [0.25, 0.3) is 0 Å². The summed E-state index contributed by atoms with van der Waals surface area (Å²) in [5.41, 5.74) is 2.26. The van der Waals surface area contributed by atoms with Crippen molar-refractivity contribution in [2.75, 3.05) is 25.6 Å². The maximum atomic E-state index is 14.1. The number of rotatable bonds is 12. The van der Waals surface area contributed by atoms with Gasteiger partial charge in [-0.05, 0) is 70.7 Å². The third kappa shape index (κ3) is 7.74. The van der Waals surface area contributed by atoms with Crippen molar-refractivity contribution in [1.82, 2.24) is 15.5 Å². The van der Waals surface area contributed by atoms with Crippen LogP contribution < -0.4 is 15.0 Å². The van der Waals surface area contributed by atoms with Gasteiger partial charge in [-0.25, -0.2) is 18.6 Å². The molecule has 0 aliphatic heterocycles. The van der Waals surface area contributed by atoms with Crippen molar-refractivity contribution in [2.24, 2.45) is 0 Å². The number of halogens is 2. The highest BCUT2D eigenvalue weighted by Gasteiger charge is 2.33. The van der Waals surface area contributed by atoms with Crippen molar-refractivity contribution in [3.63, 3.8) is 0 Å². The lowest BCUT2D eigenvalue weighted by molar-refractivity contribution is 0.0600. The fourth-order valence-corrected chi connectivity index (χ4v) is 5.82. The van der Waals surface area contributed by atoms with Gasteiger partial charge >= 0.3 is 5.97 Å². The molecule has 1 aliphatic rings. The van der Waals surface area contributed by atoms with Gasteiger partial charge in [-0.3, -0.25) is 0 Å². The number of benzene rings is 2. The molecule has 1 fully saturated rings. The van der Waals surface area contributed by atoms with E-state index in [4.69, 9.17) is 14.0 Å². The Labute approximate surface area is 261 Å². The molecule has 0 unspecified atom stereocenters. The largest absolute Gasteiger partial charge is 0.489 e. The molecule has 0 amide bonds. The number of thiazole rings is 1. The maximum Gasteiger partial charge on any atom is 0.338 e. The van der Waals surface area contributed by atoms with Gasteiger partial charge in [-0.2, -0.15) is 0 Å². The van der Waals surface area contributed by atoms with E-state index in [9.17, 15) is 13.6 Å². The predicted molar refractivity (Wildman–Crippen MR) is 171 cm³/mol. The number of nitrogens with zero attached hydrogens (tertiary/aromatic N) is 3. The molecule has 2 aromatic heterocycles. The second-order valence-corrected chi connectivity index (χ2v) is 12.1. The van der Waals surface area contributed by atoms with Crippen LogP contribution in [0.5, 0.6) is 5.75 Å². The molecule has 1 N–H and O–H groups in total. The van der Waals surface area contributed by atoms with Crippen molar-refractivity contribution in [2.45, 2.75) is 84.9 Å². The molecule has 8 nitrogen and oxygen atoms in total. The normalized spacial score (nSPS) is 12.9. The van der Waals surface area contributed by atoms with Crippen molar-refractivity contribution < 1.29 is 27.6 Å². The zero-order chi connectivity index (χ0) is 32.0. The van der Waals surface area contributed by atoms with E-state index in [1.165, 1.54) is 25.3 Å². The number of anilines is 1. The van der Waals surface area contributed by atoms with E-state index in [-0.39, 0.29) is 17.6 Å². The van der Waals surface area contributed by atoms with E-state index in [1.54, 1.807) is 23.5 Å². The average molecular weight is 629 g/mol. The molecule has 0 spiro atoms. The summed E-state index contributed by atoms with van der Waals surface area (Å²) in [7, 11) is 3.36. The first-order chi connectivity index (χ1) is 21.1. The molecule has 0 radical (unpaired) electrons. The molecule has 238 valence electrons. The van der Waals surface area contributed by atoms with Crippen LogP contribution in [0.25, 0.3) is 21.5 Å². The smallest absolute Gasteiger partial charge is 0.338 e. The molecule has 4 aromatic rings. The minimum absolute atomic E-state index is 0.00940. The van der Waals surface area contributed by atoms with Crippen molar-refractivity contribution in [1.29, 1.82) is 0 Å². The summed E-state index contributed by atoms with van der Waals surface area (Å²) in [6, 6.07) is 7.74. The summed E-state index contributed by atoms with van der Waals surface area (Å²) in [5.74, 6) is 0.152. The molecule has 5 rings (SSSR count). The number of hydrogen-bond acceptors (Lipinski definition) is 9. The first kappa shape index (κ1) is 33.3. The van der Waals surface area contributed by atoms with Crippen molar-refractivity contribution >= 4 is 32.7 Å². The summed E-state index contributed by atoms with van der Waals surface area (Å²) in [5, 5.41) is 8.36. The lowest BCUT2D eigenvalue weighted by Crippen LogP contribution is -2.27. The molecular weight excluding hydrogens is 586 g/mol. The molecule has 44 heavy (non-hydrogen) atoms. The number of nitrogens with one attached hydrogen (secondary N) is 1. The standard InChI is InChI=1S/C18H22F2N2O.C15H20N2O3S/c1-3-12(4-2)21-10-13-17(22-23-18(13)11-8-9-11)16-14(19)6-5-7-15(16)20;1-6-17(4)15-16-13-11(20-9(2)3)7-10(14(18)19-5)8-12(13)21-15/h5-7,11-12,21H,3-4,8-10H2,1-2H3;7-9H,6H2,1-5H3. The van der Waals surface area contributed by atoms with E-state index >= 15 is 0 Å². The molecule has 2 heterocycles. The van der Waals surface area contributed by atoms with Gasteiger partial charge in [0.1, 0.15) is 34.4 Å². The molecule has 1 aliphatic carbocycles. The number of hydrogen-bond donors (Lipinski definition) is 1. The number of carbonyl (C=O) groups excluding carboxylic acids is 1. The third-order valence-electron chi connectivity index (χ3n) is 7.55. The Hall–Kier alpha value is -3.57. The summed E-state index contributed by atoms with van der Waals surface area (Å²) in [6.45, 7) is 11.6. The Bertz CT molecular complexity index is 1540. The van der Waals surface area contributed by atoms with Crippen molar-refractivity contribution in [3.05, 3.63) is 58.9 Å². The van der Waals surface area contributed by atoms with Gasteiger partial charge in [-0.15, -0.1) is 0 Å². The zero-order valence-corrected chi connectivity index (χ0v) is 27.3. The number of ether oxygens (including phenoxy) is 2. The van der Waals surface area contributed by atoms with Gasteiger partial charge in [0.15, 0.2) is 5.13 Å². The van der Waals surface area contributed by atoms with Crippen LogP contribution in [0.15, 0.2) is 34.9 Å². The van der Waals surface area contributed by atoms with Crippen LogP contribution in [-0.4, -0.2) is 49.0 Å². The second kappa shape index (κ2) is 14.9. The second-order valence-electron chi connectivity index (χ2n) is 11.1. The minimum Gasteiger partial charge on any atom is -0.489 e. The van der Waals surface area contributed by atoms with Gasteiger partial charge < -0.3 is 24.2 Å². The van der Waals surface area contributed by atoms with Crippen LogP contribution in [0, 0.1) is 11.6 Å². The minimum atomic E-state index is -0.607. The van der Waals surface area contributed by atoms with Crippen LogP contribution in [0.1, 0.15) is 87.9 Å². The van der Waals surface area contributed by atoms with Gasteiger partial charge in [0.05, 0.1) is 29.0 Å². The molecule has 1 saturated carbocycles. The highest BCUT2D eigenvalue weighted by Crippen LogP contribution is 2.44. The zero-order valence-electron chi connectivity index (χ0n) is 26.5. The van der Waals surface area contributed by atoms with Gasteiger partial charge in [0, 0.05) is 37.7 Å². The Morgan fingerprint density at radius 2 is 1.84 bits per heavy atom. The summed E-state index contributed by atoms with van der Waals surface area (Å²) < 4.78 is 45.3. The topological polar surface area (TPSA) is 89.7 Å². The van der Waals surface area contributed by atoms with Crippen LogP contribution in [0.2, 0.25) is 0 Å². The highest BCUT2D eigenvalue weighted by molar-refractivity contribution is 7.22. The van der Waals surface area contributed by atoms with Crippen LogP contribution >= 0.6 is 11.3 Å². The lowest BCUT2D eigenvalue weighted by Gasteiger charge is -2.15. The molecule has 0 saturated heterocycles. The number of carbonyl (C=O) groups is 1. The van der Waals surface area contributed by atoms with Gasteiger partial charge in [0.2, 0.25) is 0 Å². The van der Waals surface area contributed by atoms with Crippen LogP contribution in [-0.2, 0) is 11.3 Å². The third-order valence-corrected chi connectivity index (χ3v) is 8.67. The quantitative estimate of drug-likeness (QED) is 0.158. The SMILES string of the molecule is CCC(CC)NCc1c(-c2c(F)cccc2F)noc1C1CC1.CCN(C)c1nc2c(OC(C)C)cc(C(=O)OC)cc2s1. The average Bonchev–Trinajstić information content (AvgIpc) is 3.62. The Balaban J connectivity index is 0.000000202. The molecular formula is C33H42F2N4O4S. The summed E-state index contributed by atoms with van der Waals surface area (Å²) >= 11 is 1.54. The lowest BCUT2D eigenvalue weighted by atomic mass is 10.0. The molecule has 0 bridgehead atoms. The van der Waals surface area contributed by atoms with E-state index in [1.807, 2.05) is 20.9 Å². The first-order valence-electron chi connectivity index (χ1n) is 15.2. The fraction of sp³-hybridized carbons (Fsp3) is 0.485. The number of fused-ring (bicyclic) bond motifs is 1. The predicted octanol–water partition coefficient (Wildman–Crippen LogP) is 8.10. The fourth-order valence-electron chi connectivity index (χ4n) is 4.77. The highest BCUT2D eigenvalue weighted by atomic mass is 32.1. The van der Waals surface area contributed by atoms with Crippen LogP contribution in [0.3, 0.4) is 0 Å². The van der Waals surface area contributed by atoms with E-state index < -0.39 is 11.6 Å². The Morgan fingerprint density at radius 3 is 2.41 bits per heavy atom. The first-order valence-corrected chi connectivity index (χ1v) is 16.0. The van der Waals surface area contributed by atoms with Crippen LogP contribution in [0.4, 0.5) is 13.9 Å². The van der Waals surface area contributed by atoms with E-state index in [0.717, 1.165) is 58.9 Å². The monoisotopic (exact) mass is 628 g/mol. The van der Waals surface area contributed by atoms with Crippen molar-refractivity contribution in [3.8, 4) is 17.0 Å². The Morgan fingerprint density at radius 1 is 1.16 bits per heavy atom. The number of aromatic nitrogens is 2. The maximum absolute atomic E-state index is 14.1. The molecule has 0 atom stereocenters. The number of esters is 1. The van der Waals surface area contributed by atoms with E-state index in [0.29, 0.717) is 35.5 Å². The molecule has 11 heteroatoms. The Kier molecular flexibility index (Phi) is 11.3. The van der Waals surface area contributed by atoms with Gasteiger partial charge in [-0.1, -0.05) is 36.4 Å². The summed E-state index contributed by atoms with van der Waals surface area (Å²) in [4.78, 5) is 18.5. The molecule has 2 aromatic carbocycles.